The first kappa shape index (κ1) is 22.5. The van der Waals surface area contributed by atoms with Crippen molar-refractivity contribution in [3.05, 3.63) is 93.8 Å². The Morgan fingerprint density at radius 1 is 1.00 bits per heavy atom. The van der Waals surface area contributed by atoms with Crippen LogP contribution in [-0.2, 0) is 21.4 Å². The van der Waals surface area contributed by atoms with E-state index >= 15 is 0 Å². The molecule has 1 fully saturated rings. The smallest absolute Gasteiger partial charge is 0.316 e. The molecular weight excluding hydrogens is 492 g/mol. The molecule has 2 aromatic carbocycles. The van der Waals surface area contributed by atoms with Gasteiger partial charge in [0.1, 0.15) is 4.60 Å². The predicted molar refractivity (Wildman–Crippen MR) is 134 cm³/mol. The minimum Gasteiger partial charge on any atom is -0.465 e. The van der Waals surface area contributed by atoms with Gasteiger partial charge in [0.15, 0.2) is 5.76 Å². The Bertz CT molecular complexity index is 1320. The number of halogens is 1. The first-order chi connectivity index (χ1) is 16.5. The van der Waals surface area contributed by atoms with E-state index in [0.29, 0.717) is 13.0 Å². The molecule has 172 valence electrons. The molecule has 0 unspecified atom stereocenters. The van der Waals surface area contributed by atoms with Gasteiger partial charge >= 0.3 is 5.97 Å². The summed E-state index contributed by atoms with van der Waals surface area (Å²) < 4.78 is 11.8. The van der Waals surface area contributed by atoms with Crippen molar-refractivity contribution in [2.75, 3.05) is 6.61 Å². The van der Waals surface area contributed by atoms with Crippen LogP contribution in [0.25, 0.3) is 22.5 Å². The molecule has 0 radical (unpaired) electrons. The second kappa shape index (κ2) is 9.18. The fraction of sp³-hybridized carbons (Fsp3) is 0.250. The predicted octanol–water partition coefficient (Wildman–Crippen LogP) is 6.66. The summed E-state index contributed by atoms with van der Waals surface area (Å²) >= 11 is 3.44. The largest absolute Gasteiger partial charge is 0.465 e. The number of carbonyl (C=O) groups is 1. The van der Waals surface area contributed by atoms with Gasteiger partial charge in [0.25, 0.3) is 0 Å². The Balaban J connectivity index is 1.36. The van der Waals surface area contributed by atoms with E-state index in [1.165, 1.54) is 0 Å². The third kappa shape index (κ3) is 4.30. The molecular formula is C28H25BrN2O3. The first-order valence-electron chi connectivity index (χ1n) is 11.5. The van der Waals surface area contributed by atoms with Gasteiger partial charge in [0.2, 0.25) is 0 Å². The van der Waals surface area contributed by atoms with Gasteiger partial charge in [-0.3, -0.25) is 4.79 Å². The van der Waals surface area contributed by atoms with Crippen LogP contribution in [0.2, 0.25) is 0 Å². The number of esters is 1. The quantitative estimate of drug-likeness (QED) is 0.203. The molecule has 0 N–H and O–H groups in total. The number of benzene rings is 2. The number of ether oxygens (including phenoxy) is 1. The van der Waals surface area contributed by atoms with Gasteiger partial charge < -0.3 is 9.26 Å². The highest BCUT2D eigenvalue weighted by molar-refractivity contribution is 9.10. The van der Waals surface area contributed by atoms with Crippen LogP contribution in [0.1, 0.15) is 42.3 Å². The minimum atomic E-state index is -0.442. The highest BCUT2D eigenvalue weighted by atomic mass is 79.9. The van der Waals surface area contributed by atoms with Crippen LogP contribution >= 0.6 is 15.9 Å². The summed E-state index contributed by atoms with van der Waals surface area (Å²) in [7, 11) is 0. The van der Waals surface area contributed by atoms with E-state index in [1.807, 2.05) is 32.0 Å². The molecule has 2 aromatic heterocycles. The van der Waals surface area contributed by atoms with E-state index < -0.39 is 5.41 Å². The minimum absolute atomic E-state index is 0.108. The molecule has 0 bridgehead atoms. The summed E-state index contributed by atoms with van der Waals surface area (Å²) in [4.78, 5) is 16.9. The average molecular weight is 517 g/mol. The normalized spacial score (nSPS) is 14.1. The molecule has 5 nitrogen and oxygen atoms in total. The van der Waals surface area contributed by atoms with Crippen molar-refractivity contribution >= 4 is 21.9 Å². The molecule has 34 heavy (non-hydrogen) atoms. The summed E-state index contributed by atoms with van der Waals surface area (Å²) in [6.45, 7) is 4.22. The Labute approximate surface area is 207 Å². The number of rotatable bonds is 7. The molecule has 4 aromatic rings. The second-order valence-electron chi connectivity index (χ2n) is 8.66. The molecule has 0 atom stereocenters. The number of aromatic nitrogens is 2. The Hall–Kier alpha value is -3.25. The van der Waals surface area contributed by atoms with Gasteiger partial charge in [0.05, 0.1) is 17.7 Å². The van der Waals surface area contributed by atoms with Gasteiger partial charge in [-0.05, 0) is 71.4 Å². The van der Waals surface area contributed by atoms with Crippen LogP contribution in [0.3, 0.4) is 0 Å². The van der Waals surface area contributed by atoms with Crippen LogP contribution in [0.4, 0.5) is 0 Å². The van der Waals surface area contributed by atoms with Crippen LogP contribution in [0, 0.1) is 6.92 Å². The van der Waals surface area contributed by atoms with Gasteiger partial charge in [-0.25, -0.2) is 4.98 Å². The SMILES string of the molecule is CCOC(=O)C1(c2ccc(-c3ccc(-c4onc(C)c4Cc4cccc(Br)n4)cc3)cc2)CC1. The van der Waals surface area contributed by atoms with Crippen LogP contribution in [-0.4, -0.2) is 22.7 Å². The van der Waals surface area contributed by atoms with E-state index in [9.17, 15) is 4.79 Å². The fourth-order valence-electron chi connectivity index (χ4n) is 4.35. The van der Waals surface area contributed by atoms with Crippen molar-refractivity contribution in [1.82, 2.24) is 10.1 Å². The van der Waals surface area contributed by atoms with E-state index in [2.05, 4.69) is 74.6 Å². The molecule has 0 aliphatic heterocycles. The number of aryl methyl sites for hydroxylation is 1. The van der Waals surface area contributed by atoms with Gasteiger partial charge in [-0.15, -0.1) is 0 Å². The van der Waals surface area contributed by atoms with Gasteiger partial charge in [0, 0.05) is 23.2 Å². The summed E-state index contributed by atoms with van der Waals surface area (Å²) in [5.41, 5.74) is 6.63. The average Bonchev–Trinajstić information content (AvgIpc) is 3.59. The molecule has 2 heterocycles. The Morgan fingerprint density at radius 2 is 1.65 bits per heavy atom. The molecule has 1 aliphatic carbocycles. The zero-order chi connectivity index (χ0) is 23.7. The van der Waals surface area contributed by atoms with Gasteiger partial charge in [-0.1, -0.05) is 59.8 Å². The van der Waals surface area contributed by atoms with Crippen molar-refractivity contribution < 1.29 is 14.1 Å². The van der Waals surface area contributed by atoms with Crippen molar-refractivity contribution in [3.8, 4) is 22.5 Å². The molecule has 0 saturated heterocycles. The van der Waals surface area contributed by atoms with Gasteiger partial charge in [-0.2, -0.15) is 0 Å². The number of carbonyl (C=O) groups excluding carboxylic acids is 1. The summed E-state index contributed by atoms with van der Waals surface area (Å²) in [5, 5.41) is 4.21. The summed E-state index contributed by atoms with van der Waals surface area (Å²) in [5.74, 6) is 0.662. The highest BCUT2D eigenvalue weighted by Gasteiger charge is 2.52. The van der Waals surface area contributed by atoms with E-state index in [0.717, 1.165) is 62.4 Å². The zero-order valence-corrected chi connectivity index (χ0v) is 20.8. The molecule has 6 heteroatoms. The Kier molecular flexibility index (Phi) is 6.09. The summed E-state index contributed by atoms with van der Waals surface area (Å²) in [6.07, 6.45) is 2.36. The molecule has 0 spiro atoms. The van der Waals surface area contributed by atoms with Crippen molar-refractivity contribution in [1.29, 1.82) is 0 Å². The molecule has 1 saturated carbocycles. The molecule has 1 aliphatic rings. The van der Waals surface area contributed by atoms with Crippen LogP contribution < -0.4 is 0 Å². The lowest BCUT2D eigenvalue weighted by atomic mass is 9.93. The van der Waals surface area contributed by atoms with Crippen LogP contribution in [0.5, 0.6) is 0 Å². The van der Waals surface area contributed by atoms with E-state index in [4.69, 9.17) is 9.26 Å². The lowest BCUT2D eigenvalue weighted by Gasteiger charge is -2.14. The van der Waals surface area contributed by atoms with Crippen LogP contribution in [0.15, 0.2) is 75.9 Å². The lowest BCUT2D eigenvalue weighted by molar-refractivity contribution is -0.146. The standard InChI is InChI=1S/C28H25BrN2O3/c1-3-33-27(32)28(15-16-28)22-13-11-20(12-14-22)19-7-9-21(10-8-19)26-24(18(2)31-34-26)17-23-5-4-6-25(29)30-23/h4-14H,3,15-17H2,1-2H3. The monoisotopic (exact) mass is 516 g/mol. The Morgan fingerprint density at radius 3 is 2.26 bits per heavy atom. The lowest BCUT2D eigenvalue weighted by Crippen LogP contribution is -2.23. The first-order valence-corrected chi connectivity index (χ1v) is 12.2. The number of hydrogen-bond acceptors (Lipinski definition) is 5. The van der Waals surface area contributed by atoms with E-state index in [-0.39, 0.29) is 5.97 Å². The highest BCUT2D eigenvalue weighted by Crippen LogP contribution is 2.49. The third-order valence-corrected chi connectivity index (χ3v) is 6.89. The third-order valence-electron chi connectivity index (χ3n) is 6.45. The number of pyridine rings is 1. The fourth-order valence-corrected chi connectivity index (χ4v) is 4.73. The maximum absolute atomic E-state index is 12.4. The molecule has 5 rings (SSSR count). The number of hydrogen-bond donors (Lipinski definition) is 0. The topological polar surface area (TPSA) is 65.2 Å². The maximum Gasteiger partial charge on any atom is 0.316 e. The van der Waals surface area contributed by atoms with Crippen molar-refractivity contribution in [3.63, 3.8) is 0 Å². The number of nitrogens with zero attached hydrogens (tertiary/aromatic N) is 2. The zero-order valence-electron chi connectivity index (χ0n) is 19.2. The maximum atomic E-state index is 12.4. The summed E-state index contributed by atoms with van der Waals surface area (Å²) in [6, 6.07) is 22.4. The van der Waals surface area contributed by atoms with E-state index in [1.54, 1.807) is 0 Å². The van der Waals surface area contributed by atoms with Crippen molar-refractivity contribution in [2.45, 2.75) is 38.5 Å². The second-order valence-corrected chi connectivity index (χ2v) is 9.47. The molecule has 0 amide bonds. The van der Waals surface area contributed by atoms with Crippen molar-refractivity contribution in [2.24, 2.45) is 0 Å².